The number of rotatable bonds is 5. The second-order valence-electron chi connectivity index (χ2n) is 13.7. The Morgan fingerprint density at radius 2 is 1.11 bits per heavy atom. The minimum atomic E-state index is -1.39. The maximum atomic E-state index is 13.3. The van der Waals surface area contributed by atoms with Gasteiger partial charge in [0, 0.05) is 16.5 Å². The Hall–Kier alpha value is -6.30. The molecule has 7 aromatic carbocycles. The van der Waals surface area contributed by atoms with E-state index in [0.717, 1.165) is 72.3 Å². The zero-order chi connectivity index (χ0) is 35.0. The zero-order valence-corrected chi connectivity index (χ0v) is 28.7. The van der Waals surface area contributed by atoms with Gasteiger partial charge in [-0.2, -0.15) is 0 Å². The van der Waals surface area contributed by atoms with E-state index in [1.165, 1.54) is 0 Å². The minimum absolute atomic E-state index is 0. The molecular weight excluding hydrogens is 669 g/mol. The van der Waals surface area contributed by atoms with Gasteiger partial charge in [-0.05, 0) is 105 Å². The number of benzene rings is 7. The first-order valence-electron chi connectivity index (χ1n) is 17.5. The second kappa shape index (κ2) is 13.0. The van der Waals surface area contributed by atoms with Gasteiger partial charge in [0.1, 0.15) is 17.1 Å². The van der Waals surface area contributed by atoms with Crippen molar-refractivity contribution >= 4 is 16.8 Å². The lowest BCUT2D eigenvalue weighted by Gasteiger charge is -2.38. The van der Waals surface area contributed by atoms with Crippen LogP contribution in [0.4, 0.5) is 0 Å². The summed E-state index contributed by atoms with van der Waals surface area (Å²) < 4.78 is 24.2. The van der Waals surface area contributed by atoms with Crippen LogP contribution in [0.2, 0.25) is 0 Å². The smallest absolute Gasteiger partial charge is 0.170 e. The van der Waals surface area contributed by atoms with E-state index >= 15 is 0 Å². The highest BCUT2D eigenvalue weighted by molar-refractivity contribution is 6.08. The number of hydrogen-bond donors (Lipinski definition) is 1. The number of allylic oxidation sites excluding steroid dienone is 1. The van der Waals surface area contributed by atoms with E-state index in [4.69, 9.17) is 18.9 Å². The van der Waals surface area contributed by atoms with Crippen LogP contribution in [0.15, 0.2) is 146 Å². The molecule has 0 radical (unpaired) electrons. The van der Waals surface area contributed by atoms with Crippen LogP contribution in [0.3, 0.4) is 0 Å². The summed E-state index contributed by atoms with van der Waals surface area (Å²) >= 11 is 0. The first kappa shape index (κ1) is 34.8. The van der Waals surface area contributed by atoms with Crippen molar-refractivity contribution in [2.45, 2.75) is 32.3 Å². The van der Waals surface area contributed by atoms with E-state index in [2.05, 4.69) is 60.7 Å². The Kier molecular flexibility index (Phi) is 8.35. The summed E-state index contributed by atoms with van der Waals surface area (Å²) in [5.41, 5.74) is 7.02. The Bertz CT molecular complexity index is 2520. The third kappa shape index (κ3) is 4.89. The van der Waals surface area contributed by atoms with Crippen molar-refractivity contribution in [3.8, 4) is 45.6 Å². The summed E-state index contributed by atoms with van der Waals surface area (Å²) in [6.45, 7) is 0. The summed E-state index contributed by atoms with van der Waals surface area (Å²) in [4.78, 5) is 0. The Labute approximate surface area is 316 Å². The van der Waals surface area contributed by atoms with Crippen molar-refractivity contribution < 1.29 is 24.1 Å². The first-order chi connectivity index (χ1) is 25.5. The predicted molar refractivity (Wildman–Crippen MR) is 217 cm³/mol. The molecule has 54 heavy (non-hydrogen) atoms. The van der Waals surface area contributed by atoms with Gasteiger partial charge in [-0.1, -0.05) is 118 Å². The molecule has 5 heteroatoms. The van der Waals surface area contributed by atoms with E-state index in [-0.39, 0.29) is 14.9 Å². The number of methoxy groups -OCH3 is 2. The molecule has 0 saturated carbocycles. The highest BCUT2D eigenvalue weighted by atomic mass is 16.6. The average Bonchev–Trinajstić information content (AvgIpc) is 3.49. The zero-order valence-electron chi connectivity index (χ0n) is 28.7. The van der Waals surface area contributed by atoms with Gasteiger partial charge in [0.25, 0.3) is 0 Å². The van der Waals surface area contributed by atoms with E-state index in [9.17, 15) is 5.11 Å². The van der Waals surface area contributed by atoms with E-state index in [1.54, 1.807) is 14.2 Å². The molecule has 2 aliphatic carbocycles. The maximum absolute atomic E-state index is 13.3. The Balaban J connectivity index is 0.00000207. The largest absolute Gasteiger partial charge is 0.497 e. The van der Waals surface area contributed by atoms with E-state index < -0.39 is 11.0 Å². The summed E-state index contributed by atoms with van der Waals surface area (Å²) in [6, 6.07) is 47.0. The van der Waals surface area contributed by atoms with Crippen molar-refractivity contribution in [2.75, 3.05) is 14.2 Å². The molecule has 0 amide bonds. The van der Waals surface area contributed by atoms with Gasteiger partial charge in [0.2, 0.25) is 0 Å². The lowest BCUT2D eigenvalue weighted by Crippen LogP contribution is -2.33. The maximum Gasteiger partial charge on any atom is 0.170 e. The van der Waals surface area contributed by atoms with Gasteiger partial charge in [0.15, 0.2) is 23.0 Å². The third-order valence-electron chi connectivity index (χ3n) is 11.2. The fraction of sp³-hybridized carbons (Fsp3) is 0.143. The molecule has 1 aliphatic heterocycles. The van der Waals surface area contributed by atoms with Gasteiger partial charge in [-0.3, -0.25) is 0 Å². The molecule has 5 nitrogen and oxygen atoms in total. The minimum Gasteiger partial charge on any atom is -0.497 e. The number of ether oxygens (including phenoxy) is 4. The van der Waals surface area contributed by atoms with Crippen LogP contribution >= 0.6 is 0 Å². The van der Waals surface area contributed by atoms with Crippen LogP contribution in [-0.4, -0.2) is 19.3 Å². The van der Waals surface area contributed by atoms with E-state index in [1.807, 2.05) is 91.0 Å². The molecule has 3 aliphatic rings. The normalized spacial score (nSPS) is 16.5. The summed E-state index contributed by atoms with van der Waals surface area (Å²) in [5.74, 6) is 4.25. The fourth-order valence-corrected chi connectivity index (χ4v) is 8.66. The predicted octanol–water partition coefficient (Wildman–Crippen LogP) is 11.8. The number of para-hydroxylation sites is 2. The van der Waals surface area contributed by atoms with Crippen LogP contribution in [0.1, 0.15) is 53.8 Å². The monoisotopic (exact) mass is 710 g/mol. The number of hydrogen-bond acceptors (Lipinski definition) is 5. The molecule has 1 heterocycles. The van der Waals surface area contributed by atoms with Crippen LogP contribution in [0, 0.1) is 0 Å². The molecule has 268 valence electrons. The van der Waals surface area contributed by atoms with Crippen LogP contribution in [0.25, 0.3) is 28.0 Å². The van der Waals surface area contributed by atoms with Gasteiger partial charge in [-0.25, -0.2) is 0 Å². The van der Waals surface area contributed by atoms with Gasteiger partial charge in [-0.15, -0.1) is 0 Å². The molecule has 1 N–H and O–H groups in total. The van der Waals surface area contributed by atoms with Crippen LogP contribution < -0.4 is 18.9 Å². The number of aliphatic hydroxyl groups is 1. The van der Waals surface area contributed by atoms with Gasteiger partial charge in [0.05, 0.1) is 14.2 Å². The SMILES string of the molecule is C.C.COc1ccc(C2(c3ccc(OC)cc3)C=Cc3c4c(c5cc6c(cc5c3C2)Oc2ccccc2O6)-c2ccccc2C4(O)c2ccccc2)cc1. The fourth-order valence-electron chi connectivity index (χ4n) is 8.66. The van der Waals surface area contributed by atoms with Crippen molar-refractivity contribution in [1.29, 1.82) is 0 Å². The van der Waals surface area contributed by atoms with Crippen LogP contribution in [-0.2, 0) is 17.4 Å². The molecule has 0 fully saturated rings. The highest BCUT2D eigenvalue weighted by Crippen LogP contribution is 2.59. The molecule has 0 saturated heterocycles. The lowest BCUT2D eigenvalue weighted by atomic mass is 9.65. The quantitative estimate of drug-likeness (QED) is 0.193. The standard InChI is InChI=1S/C47H34O5.2CH4/c1-49-32-20-16-29(17-21-32)46(30-18-22-33(50-2)23-19-30)25-24-34-38(28-46)36-26-42-43(52-41-15-9-8-14-40(41)51-42)27-37(36)44-35-12-6-7-13-39(35)47(48,45(34)44)31-10-4-3-5-11-31;;/h3-27,48H,28H2,1-2H3;2*1H4. The molecule has 10 rings (SSSR count). The van der Waals surface area contributed by atoms with E-state index in [0.29, 0.717) is 29.4 Å². The van der Waals surface area contributed by atoms with Gasteiger partial charge < -0.3 is 24.1 Å². The summed E-state index contributed by atoms with van der Waals surface area (Å²) in [7, 11) is 3.38. The molecule has 0 spiro atoms. The van der Waals surface area contributed by atoms with Crippen molar-refractivity contribution in [2.24, 2.45) is 0 Å². The Morgan fingerprint density at radius 3 is 1.70 bits per heavy atom. The Morgan fingerprint density at radius 1 is 0.574 bits per heavy atom. The van der Waals surface area contributed by atoms with Crippen LogP contribution in [0.5, 0.6) is 34.5 Å². The summed E-state index contributed by atoms with van der Waals surface area (Å²) in [5, 5.41) is 15.4. The molecule has 1 atom stereocenters. The number of fused-ring (bicyclic) bond motifs is 10. The summed E-state index contributed by atoms with van der Waals surface area (Å²) in [6.07, 6.45) is 5.17. The van der Waals surface area contributed by atoms with Crippen molar-refractivity contribution in [3.63, 3.8) is 0 Å². The molecule has 0 bridgehead atoms. The molecule has 1 unspecified atom stereocenters. The second-order valence-corrected chi connectivity index (χ2v) is 13.7. The van der Waals surface area contributed by atoms with Crippen molar-refractivity contribution in [1.82, 2.24) is 0 Å². The molecule has 7 aromatic rings. The molecular formula is C49H42O5. The van der Waals surface area contributed by atoms with Crippen molar-refractivity contribution in [3.05, 3.63) is 185 Å². The average molecular weight is 711 g/mol. The third-order valence-corrected chi connectivity index (χ3v) is 11.2. The highest BCUT2D eigenvalue weighted by Gasteiger charge is 2.48. The lowest BCUT2D eigenvalue weighted by molar-refractivity contribution is 0.130. The topological polar surface area (TPSA) is 57.2 Å². The first-order valence-corrected chi connectivity index (χ1v) is 17.5. The molecule has 0 aromatic heterocycles. The van der Waals surface area contributed by atoms with Gasteiger partial charge >= 0.3 is 0 Å².